The maximum absolute atomic E-state index is 9.01. The quantitative estimate of drug-likeness (QED) is 0.737. The highest BCUT2D eigenvalue weighted by Gasteiger charge is 1.98. The van der Waals surface area contributed by atoms with Crippen molar-refractivity contribution in [3.8, 4) is 11.5 Å². The van der Waals surface area contributed by atoms with Crippen LogP contribution in [0.1, 0.15) is 6.92 Å². The molecule has 1 aromatic carbocycles. The zero-order valence-electron chi connectivity index (χ0n) is 7.95. The minimum atomic E-state index is 0.258. The van der Waals surface area contributed by atoms with Crippen molar-refractivity contribution in [2.75, 3.05) is 13.7 Å². The highest BCUT2D eigenvalue weighted by molar-refractivity contribution is 5.30. The Labute approximate surface area is 78.3 Å². The van der Waals surface area contributed by atoms with Crippen LogP contribution in [0.4, 0.5) is 0 Å². The lowest BCUT2D eigenvalue weighted by atomic mass is 10.3. The molecule has 3 nitrogen and oxygen atoms in total. The Kier molecular flexibility index (Phi) is 3.58. The smallest absolute Gasteiger partial charge is 0.119 e. The second-order valence-corrected chi connectivity index (χ2v) is 2.99. The molecule has 0 aliphatic carbocycles. The Morgan fingerprint density at radius 2 is 2.00 bits per heavy atom. The molecule has 0 amide bonds. The Hall–Kier alpha value is -1.22. The zero-order chi connectivity index (χ0) is 9.68. The molecule has 0 bridgehead atoms. The summed E-state index contributed by atoms with van der Waals surface area (Å²) in [6.07, 6.45) is 0. The molecule has 0 saturated carbocycles. The van der Waals surface area contributed by atoms with Crippen molar-refractivity contribution >= 4 is 0 Å². The van der Waals surface area contributed by atoms with E-state index in [1.165, 1.54) is 0 Å². The average molecular weight is 181 g/mol. The molecule has 1 aromatic rings. The van der Waals surface area contributed by atoms with Gasteiger partial charge in [0.05, 0.1) is 0 Å². The molecule has 0 heterocycles. The van der Waals surface area contributed by atoms with Gasteiger partial charge in [0.1, 0.15) is 18.1 Å². The number of hydrogen-bond donors (Lipinski definition) is 2. The number of aromatic hydroxyl groups is 1. The van der Waals surface area contributed by atoms with Crippen molar-refractivity contribution in [2.45, 2.75) is 13.0 Å². The Bertz CT molecular complexity index is 246. The summed E-state index contributed by atoms with van der Waals surface area (Å²) in [6, 6.07) is 7.04. The molecule has 0 radical (unpaired) electrons. The van der Waals surface area contributed by atoms with Gasteiger partial charge in [0, 0.05) is 6.04 Å². The first-order chi connectivity index (χ1) is 6.22. The molecule has 1 rings (SSSR count). The molecule has 2 N–H and O–H groups in total. The van der Waals surface area contributed by atoms with Crippen molar-refractivity contribution in [1.29, 1.82) is 0 Å². The number of phenols is 1. The van der Waals surface area contributed by atoms with E-state index in [4.69, 9.17) is 9.84 Å². The van der Waals surface area contributed by atoms with Crippen LogP contribution >= 0.6 is 0 Å². The molecule has 0 aliphatic heterocycles. The zero-order valence-corrected chi connectivity index (χ0v) is 7.95. The predicted octanol–water partition coefficient (Wildman–Crippen LogP) is 1.38. The maximum atomic E-state index is 9.01. The van der Waals surface area contributed by atoms with E-state index in [0.717, 1.165) is 5.75 Å². The summed E-state index contributed by atoms with van der Waals surface area (Å²) in [4.78, 5) is 0. The summed E-state index contributed by atoms with van der Waals surface area (Å²) in [6.45, 7) is 2.67. The third kappa shape index (κ3) is 3.34. The molecule has 3 heteroatoms. The van der Waals surface area contributed by atoms with Gasteiger partial charge in [0.15, 0.2) is 0 Å². The second kappa shape index (κ2) is 4.72. The van der Waals surface area contributed by atoms with Gasteiger partial charge in [-0.25, -0.2) is 0 Å². The van der Waals surface area contributed by atoms with E-state index < -0.39 is 0 Å². The predicted molar refractivity (Wildman–Crippen MR) is 52.1 cm³/mol. The third-order valence-electron chi connectivity index (χ3n) is 1.83. The van der Waals surface area contributed by atoms with E-state index in [1.54, 1.807) is 24.3 Å². The molecular formula is C10H15NO2. The highest BCUT2D eigenvalue weighted by atomic mass is 16.5. The number of phenolic OH excluding ortho intramolecular Hbond substituents is 1. The number of hydrogen-bond acceptors (Lipinski definition) is 3. The van der Waals surface area contributed by atoms with Crippen LogP contribution in [-0.2, 0) is 0 Å². The fourth-order valence-electron chi connectivity index (χ4n) is 0.847. The molecule has 0 aromatic heterocycles. The van der Waals surface area contributed by atoms with Crippen LogP contribution in [0.2, 0.25) is 0 Å². The summed E-state index contributed by atoms with van der Waals surface area (Å²) in [5.41, 5.74) is 0. The van der Waals surface area contributed by atoms with Crippen molar-refractivity contribution in [3.63, 3.8) is 0 Å². The minimum Gasteiger partial charge on any atom is -0.508 e. The van der Waals surface area contributed by atoms with Crippen LogP contribution in [0.15, 0.2) is 24.3 Å². The summed E-state index contributed by atoms with van der Waals surface area (Å²) in [5, 5.41) is 12.1. The van der Waals surface area contributed by atoms with Crippen LogP contribution in [0, 0.1) is 0 Å². The average Bonchev–Trinajstić information content (AvgIpc) is 2.16. The van der Waals surface area contributed by atoms with Crippen molar-refractivity contribution in [3.05, 3.63) is 24.3 Å². The van der Waals surface area contributed by atoms with Crippen LogP contribution in [0.25, 0.3) is 0 Å². The first kappa shape index (κ1) is 9.86. The highest BCUT2D eigenvalue weighted by Crippen LogP contribution is 2.15. The molecule has 0 saturated heterocycles. The van der Waals surface area contributed by atoms with Gasteiger partial charge >= 0.3 is 0 Å². The summed E-state index contributed by atoms with van der Waals surface area (Å²) in [5.74, 6) is 1.04. The Balaban J connectivity index is 2.41. The minimum absolute atomic E-state index is 0.258. The Morgan fingerprint density at radius 1 is 1.38 bits per heavy atom. The second-order valence-electron chi connectivity index (χ2n) is 2.99. The maximum Gasteiger partial charge on any atom is 0.119 e. The van der Waals surface area contributed by atoms with E-state index in [-0.39, 0.29) is 5.75 Å². The number of benzene rings is 1. The van der Waals surface area contributed by atoms with Gasteiger partial charge in [-0.05, 0) is 38.2 Å². The van der Waals surface area contributed by atoms with Crippen LogP contribution < -0.4 is 10.1 Å². The van der Waals surface area contributed by atoms with Crippen LogP contribution in [0.3, 0.4) is 0 Å². The molecule has 0 fully saturated rings. The number of ether oxygens (including phenoxy) is 1. The van der Waals surface area contributed by atoms with Gasteiger partial charge in [-0.1, -0.05) is 0 Å². The normalized spacial score (nSPS) is 12.5. The van der Waals surface area contributed by atoms with E-state index in [9.17, 15) is 0 Å². The largest absolute Gasteiger partial charge is 0.508 e. The van der Waals surface area contributed by atoms with E-state index >= 15 is 0 Å². The van der Waals surface area contributed by atoms with Crippen molar-refractivity contribution in [2.24, 2.45) is 0 Å². The monoisotopic (exact) mass is 181 g/mol. The first-order valence-corrected chi connectivity index (χ1v) is 4.31. The van der Waals surface area contributed by atoms with E-state index in [2.05, 4.69) is 5.32 Å². The molecule has 0 spiro atoms. The van der Waals surface area contributed by atoms with Crippen LogP contribution in [-0.4, -0.2) is 24.8 Å². The van der Waals surface area contributed by atoms with Crippen molar-refractivity contribution in [1.82, 2.24) is 5.32 Å². The number of rotatable bonds is 4. The van der Waals surface area contributed by atoms with E-state index in [1.807, 2.05) is 14.0 Å². The van der Waals surface area contributed by atoms with Gasteiger partial charge in [-0.15, -0.1) is 0 Å². The number of likely N-dealkylation sites (N-methyl/N-ethyl adjacent to an activating group) is 1. The SMILES string of the molecule is CN[C@@H](C)COc1ccc(O)cc1. The summed E-state index contributed by atoms with van der Waals surface area (Å²) in [7, 11) is 1.89. The van der Waals surface area contributed by atoms with Crippen molar-refractivity contribution < 1.29 is 9.84 Å². The fourth-order valence-corrected chi connectivity index (χ4v) is 0.847. The topological polar surface area (TPSA) is 41.5 Å². The summed E-state index contributed by atoms with van der Waals surface area (Å²) >= 11 is 0. The first-order valence-electron chi connectivity index (χ1n) is 4.31. The van der Waals surface area contributed by atoms with E-state index in [0.29, 0.717) is 12.6 Å². The molecule has 0 unspecified atom stereocenters. The molecule has 72 valence electrons. The molecule has 0 aliphatic rings. The van der Waals surface area contributed by atoms with Gasteiger partial charge in [0.25, 0.3) is 0 Å². The molecule has 13 heavy (non-hydrogen) atoms. The third-order valence-corrected chi connectivity index (χ3v) is 1.83. The van der Waals surface area contributed by atoms with Crippen LogP contribution in [0.5, 0.6) is 11.5 Å². The Morgan fingerprint density at radius 3 is 2.54 bits per heavy atom. The molecule has 1 atom stereocenters. The van der Waals surface area contributed by atoms with Gasteiger partial charge in [0.2, 0.25) is 0 Å². The lowest BCUT2D eigenvalue weighted by Crippen LogP contribution is -2.28. The summed E-state index contributed by atoms with van der Waals surface area (Å²) < 4.78 is 5.44. The standard InChI is InChI=1S/C10H15NO2/c1-8(11-2)7-13-10-5-3-9(12)4-6-10/h3-6,8,11-12H,7H2,1-2H3/t8-/m0/s1. The lowest BCUT2D eigenvalue weighted by Gasteiger charge is -2.11. The number of nitrogens with one attached hydrogen (secondary N) is 1. The fraction of sp³-hybridized carbons (Fsp3) is 0.400. The lowest BCUT2D eigenvalue weighted by molar-refractivity contribution is 0.279. The van der Waals surface area contributed by atoms with Gasteiger partial charge < -0.3 is 15.2 Å². The van der Waals surface area contributed by atoms with Gasteiger partial charge in [-0.3, -0.25) is 0 Å². The van der Waals surface area contributed by atoms with Gasteiger partial charge in [-0.2, -0.15) is 0 Å². The molecular weight excluding hydrogens is 166 g/mol.